The number of rotatable bonds is 5. The van der Waals surface area contributed by atoms with Gasteiger partial charge in [-0.15, -0.1) is 10.2 Å². The van der Waals surface area contributed by atoms with Crippen LogP contribution in [0.25, 0.3) is 0 Å². The molecular weight excluding hydrogens is 243 g/mol. The molecule has 0 aromatic carbocycles. The second-order valence-corrected chi connectivity index (χ2v) is 4.31. The summed E-state index contributed by atoms with van der Waals surface area (Å²) < 4.78 is 35.8. The van der Waals surface area contributed by atoms with E-state index in [0.717, 1.165) is 0 Å². The summed E-state index contributed by atoms with van der Waals surface area (Å²) in [6, 6.07) is 0. The largest absolute Gasteiger partial charge is 0.390 e. The predicted molar refractivity (Wildman–Crippen MR) is 54.7 cm³/mol. The fourth-order valence-electron chi connectivity index (χ4n) is 1.00. The van der Waals surface area contributed by atoms with Crippen LogP contribution in [-0.2, 0) is 6.54 Å². The lowest BCUT2D eigenvalue weighted by Gasteiger charge is -2.15. The number of halogens is 3. The van der Waals surface area contributed by atoms with Crippen molar-refractivity contribution >= 4 is 16.5 Å². The molecular formula is C7H12F3N5S. The molecule has 1 aromatic heterocycles. The van der Waals surface area contributed by atoms with E-state index in [1.807, 2.05) is 0 Å². The van der Waals surface area contributed by atoms with E-state index in [1.54, 1.807) is 7.05 Å². The van der Waals surface area contributed by atoms with E-state index in [-0.39, 0.29) is 6.54 Å². The Kier molecular flexibility index (Phi) is 4.44. The molecule has 0 saturated carbocycles. The molecule has 9 heteroatoms. The summed E-state index contributed by atoms with van der Waals surface area (Å²) in [6.07, 6.45) is -4.95. The summed E-state index contributed by atoms with van der Waals surface area (Å²) in [7, 11) is 1.60. The number of alkyl halides is 3. The normalized spacial score (nSPS) is 12.1. The Bertz CT molecular complexity index is 326. The maximum atomic E-state index is 11.9. The van der Waals surface area contributed by atoms with Crippen LogP contribution in [0.3, 0.4) is 0 Å². The van der Waals surface area contributed by atoms with Crippen LogP contribution in [0.1, 0.15) is 11.4 Å². The number of nitrogens with two attached hydrogens (primary N) is 1. The van der Waals surface area contributed by atoms with E-state index in [0.29, 0.717) is 16.7 Å². The zero-order valence-electron chi connectivity index (χ0n) is 8.58. The molecule has 0 radical (unpaired) electrons. The van der Waals surface area contributed by atoms with Crippen LogP contribution in [0, 0.1) is 0 Å². The highest BCUT2D eigenvalue weighted by atomic mass is 32.1. The lowest BCUT2D eigenvalue weighted by molar-refractivity contribution is -0.137. The summed E-state index contributed by atoms with van der Waals surface area (Å²) in [6.45, 7) is 0.268. The van der Waals surface area contributed by atoms with Gasteiger partial charge < -0.3 is 0 Å². The van der Waals surface area contributed by atoms with Crippen molar-refractivity contribution in [2.24, 2.45) is 5.84 Å². The molecule has 0 aliphatic carbocycles. The molecule has 92 valence electrons. The number of nitrogens with one attached hydrogen (secondary N) is 1. The summed E-state index contributed by atoms with van der Waals surface area (Å²) in [5.41, 5.74) is 2.32. The van der Waals surface area contributed by atoms with Crippen molar-refractivity contribution in [3.05, 3.63) is 5.01 Å². The fraction of sp³-hybridized carbons (Fsp3) is 0.714. The third kappa shape index (κ3) is 4.73. The molecule has 0 aliphatic heterocycles. The number of anilines is 1. The number of nitrogens with zero attached hydrogens (tertiary/aromatic N) is 3. The number of nitrogen functional groups attached to an aromatic ring is 1. The number of hydrogen-bond donors (Lipinski definition) is 2. The van der Waals surface area contributed by atoms with Gasteiger partial charge in [0, 0.05) is 6.54 Å². The van der Waals surface area contributed by atoms with Crippen molar-refractivity contribution in [2.75, 3.05) is 19.0 Å². The van der Waals surface area contributed by atoms with Gasteiger partial charge in [0.1, 0.15) is 5.01 Å². The van der Waals surface area contributed by atoms with Crippen LogP contribution in [0.15, 0.2) is 0 Å². The quantitative estimate of drug-likeness (QED) is 0.611. The van der Waals surface area contributed by atoms with Crippen LogP contribution in [0.2, 0.25) is 0 Å². The van der Waals surface area contributed by atoms with Crippen LogP contribution in [-0.4, -0.2) is 34.9 Å². The van der Waals surface area contributed by atoms with E-state index in [4.69, 9.17) is 5.84 Å². The summed E-state index contributed by atoms with van der Waals surface area (Å²) in [5.74, 6) is 5.11. The molecule has 1 rings (SSSR count). The Morgan fingerprint density at radius 1 is 1.44 bits per heavy atom. The second kappa shape index (κ2) is 5.41. The number of hydrazine groups is 1. The Balaban J connectivity index is 2.36. The fourth-order valence-corrected chi connectivity index (χ4v) is 1.73. The molecule has 0 amide bonds. The Hall–Kier alpha value is -0.930. The standard InChI is InChI=1S/C7H12F3N5S/c1-15(3-2-7(8,9)10)4-5-13-14-6(12-11)16-5/h2-4,11H2,1H3,(H,12,14). The molecule has 1 aromatic rings. The summed E-state index contributed by atoms with van der Waals surface area (Å²) in [4.78, 5) is 1.54. The van der Waals surface area contributed by atoms with Crippen LogP contribution in [0.4, 0.5) is 18.3 Å². The van der Waals surface area contributed by atoms with Crippen molar-refractivity contribution in [3.63, 3.8) is 0 Å². The number of hydrogen-bond acceptors (Lipinski definition) is 6. The smallest absolute Gasteiger partial charge is 0.299 e. The van der Waals surface area contributed by atoms with E-state index in [1.165, 1.54) is 16.2 Å². The van der Waals surface area contributed by atoms with Crippen LogP contribution >= 0.6 is 11.3 Å². The Morgan fingerprint density at radius 2 is 2.12 bits per heavy atom. The summed E-state index contributed by atoms with van der Waals surface area (Å²) >= 11 is 1.21. The van der Waals surface area contributed by atoms with Gasteiger partial charge in [-0.25, -0.2) is 5.84 Å². The van der Waals surface area contributed by atoms with Gasteiger partial charge in [-0.05, 0) is 7.05 Å². The topological polar surface area (TPSA) is 67.1 Å². The first-order chi connectivity index (χ1) is 7.40. The van der Waals surface area contributed by atoms with Gasteiger partial charge in [0.05, 0.1) is 13.0 Å². The molecule has 0 aliphatic rings. The predicted octanol–water partition coefficient (Wildman–Crippen LogP) is 1.21. The first-order valence-corrected chi connectivity index (χ1v) is 5.26. The van der Waals surface area contributed by atoms with Crippen molar-refractivity contribution in [2.45, 2.75) is 19.1 Å². The third-order valence-corrected chi connectivity index (χ3v) is 2.61. The molecule has 5 nitrogen and oxygen atoms in total. The molecule has 1 heterocycles. The minimum atomic E-state index is -4.13. The molecule has 0 spiro atoms. The minimum absolute atomic E-state index is 0.0610. The maximum Gasteiger partial charge on any atom is 0.390 e. The molecule has 0 atom stereocenters. The first-order valence-electron chi connectivity index (χ1n) is 4.45. The second-order valence-electron chi connectivity index (χ2n) is 3.25. The highest BCUT2D eigenvalue weighted by Gasteiger charge is 2.27. The SMILES string of the molecule is CN(CCC(F)(F)F)Cc1nnc(NN)s1. The lowest BCUT2D eigenvalue weighted by Crippen LogP contribution is -2.24. The zero-order valence-corrected chi connectivity index (χ0v) is 9.40. The van der Waals surface area contributed by atoms with Gasteiger partial charge >= 0.3 is 6.18 Å². The van der Waals surface area contributed by atoms with Gasteiger partial charge in [0.15, 0.2) is 0 Å². The van der Waals surface area contributed by atoms with Gasteiger partial charge in [-0.3, -0.25) is 10.3 Å². The van der Waals surface area contributed by atoms with E-state index in [2.05, 4.69) is 15.6 Å². The molecule has 0 fully saturated rings. The van der Waals surface area contributed by atoms with Crippen LogP contribution < -0.4 is 11.3 Å². The monoisotopic (exact) mass is 255 g/mol. The van der Waals surface area contributed by atoms with Crippen molar-refractivity contribution in [1.29, 1.82) is 0 Å². The van der Waals surface area contributed by atoms with E-state index < -0.39 is 12.6 Å². The summed E-state index contributed by atoms with van der Waals surface area (Å²) in [5, 5.41) is 8.52. The number of aromatic nitrogens is 2. The van der Waals surface area contributed by atoms with Crippen LogP contribution in [0.5, 0.6) is 0 Å². The first kappa shape index (κ1) is 13.1. The maximum absolute atomic E-state index is 11.9. The van der Waals surface area contributed by atoms with Gasteiger partial charge in [-0.1, -0.05) is 11.3 Å². The van der Waals surface area contributed by atoms with Gasteiger partial charge in [-0.2, -0.15) is 13.2 Å². The third-order valence-electron chi connectivity index (χ3n) is 1.77. The van der Waals surface area contributed by atoms with Crippen molar-refractivity contribution < 1.29 is 13.2 Å². The molecule has 0 unspecified atom stereocenters. The zero-order chi connectivity index (χ0) is 12.2. The van der Waals surface area contributed by atoms with Crippen molar-refractivity contribution in [1.82, 2.24) is 15.1 Å². The van der Waals surface area contributed by atoms with E-state index in [9.17, 15) is 13.2 Å². The average molecular weight is 255 g/mol. The van der Waals surface area contributed by atoms with E-state index >= 15 is 0 Å². The lowest BCUT2D eigenvalue weighted by atomic mass is 10.4. The molecule has 3 N–H and O–H groups in total. The molecule has 0 bridgehead atoms. The van der Waals surface area contributed by atoms with Gasteiger partial charge in [0.25, 0.3) is 0 Å². The average Bonchev–Trinajstić information content (AvgIpc) is 2.61. The molecule has 0 saturated heterocycles. The highest BCUT2D eigenvalue weighted by molar-refractivity contribution is 7.15. The minimum Gasteiger partial charge on any atom is -0.299 e. The van der Waals surface area contributed by atoms with Crippen molar-refractivity contribution in [3.8, 4) is 0 Å². The molecule has 16 heavy (non-hydrogen) atoms. The van der Waals surface area contributed by atoms with Gasteiger partial charge in [0.2, 0.25) is 5.13 Å². The highest BCUT2D eigenvalue weighted by Crippen LogP contribution is 2.20. The Labute approximate surface area is 94.4 Å². The Morgan fingerprint density at radius 3 is 2.62 bits per heavy atom.